The number of aromatic nitrogens is 2. The van der Waals surface area contributed by atoms with Gasteiger partial charge >= 0.3 is 0 Å². The number of carbonyl (C=O) groups is 1. The minimum atomic E-state index is -1.15. The Morgan fingerprint density at radius 1 is 0.903 bits per heavy atom. The first-order chi connectivity index (χ1) is 14.9. The molecule has 6 nitrogen and oxygen atoms in total. The van der Waals surface area contributed by atoms with Gasteiger partial charge in [0, 0.05) is 37.8 Å². The molecule has 1 aliphatic heterocycles. The molecule has 0 bridgehead atoms. The Morgan fingerprint density at radius 3 is 2.23 bits per heavy atom. The van der Waals surface area contributed by atoms with E-state index in [4.69, 9.17) is 0 Å². The fraction of sp³-hybridized carbons (Fsp3) is 0.292. The minimum absolute atomic E-state index is 0.180. The highest BCUT2D eigenvalue weighted by molar-refractivity contribution is 5.84. The molecule has 1 aromatic heterocycles. The molecular formula is C24H25FN4O2. The molecule has 3 aromatic rings. The topological polar surface area (TPSA) is 58.4 Å². The van der Waals surface area contributed by atoms with E-state index >= 15 is 0 Å². The highest BCUT2D eigenvalue weighted by Crippen LogP contribution is 2.23. The van der Waals surface area contributed by atoms with Crippen LogP contribution in [0.2, 0.25) is 0 Å². The molecule has 0 saturated carbocycles. The summed E-state index contributed by atoms with van der Waals surface area (Å²) < 4.78 is 15.4. The monoisotopic (exact) mass is 420 g/mol. The molecule has 0 N–H and O–H groups in total. The highest BCUT2D eigenvalue weighted by Gasteiger charge is 2.37. The van der Waals surface area contributed by atoms with Crippen molar-refractivity contribution >= 4 is 11.6 Å². The molecule has 1 amide bonds. The molecule has 1 fully saturated rings. The predicted molar refractivity (Wildman–Crippen MR) is 118 cm³/mol. The zero-order chi connectivity index (χ0) is 22.0. The van der Waals surface area contributed by atoms with Crippen molar-refractivity contribution in [2.45, 2.75) is 19.4 Å². The summed E-state index contributed by atoms with van der Waals surface area (Å²) in [5, 5.41) is 4.50. The second-order valence-electron chi connectivity index (χ2n) is 8.12. The first-order valence-corrected chi connectivity index (χ1v) is 10.3. The Morgan fingerprint density at radius 2 is 1.55 bits per heavy atom. The summed E-state index contributed by atoms with van der Waals surface area (Å²) in [6.45, 7) is 5.36. The fourth-order valence-corrected chi connectivity index (χ4v) is 3.91. The number of benzene rings is 2. The third kappa shape index (κ3) is 4.08. The number of carbonyl (C=O) groups excluding carboxylic acids is 1. The summed E-state index contributed by atoms with van der Waals surface area (Å²) in [4.78, 5) is 29.6. The summed E-state index contributed by atoms with van der Waals surface area (Å²) in [6.07, 6.45) is 0. The lowest BCUT2D eigenvalue weighted by Crippen LogP contribution is -2.56. The number of nitrogens with zero attached hydrogens (tertiary/aromatic N) is 4. The SMILES string of the molecule is CC(C)(C(=O)N1CCN(c2ccccc2F)CC1)n1nc(-c2ccccc2)ccc1=O. The average molecular weight is 420 g/mol. The van der Waals surface area contributed by atoms with E-state index < -0.39 is 5.54 Å². The molecule has 1 saturated heterocycles. The molecule has 0 aliphatic carbocycles. The van der Waals surface area contributed by atoms with Crippen LogP contribution in [-0.4, -0.2) is 46.8 Å². The zero-order valence-electron chi connectivity index (χ0n) is 17.7. The lowest BCUT2D eigenvalue weighted by Gasteiger charge is -2.39. The van der Waals surface area contributed by atoms with Gasteiger partial charge in [-0.25, -0.2) is 9.07 Å². The largest absolute Gasteiger partial charge is 0.366 e. The molecule has 1 aliphatic rings. The maximum atomic E-state index is 14.1. The van der Waals surface area contributed by atoms with Gasteiger partial charge in [0.1, 0.15) is 11.4 Å². The van der Waals surface area contributed by atoms with Crippen LogP contribution in [0.3, 0.4) is 0 Å². The number of anilines is 1. The van der Waals surface area contributed by atoms with Crippen LogP contribution in [0.4, 0.5) is 10.1 Å². The van der Waals surface area contributed by atoms with Crippen LogP contribution in [0.15, 0.2) is 71.5 Å². The number of halogens is 1. The number of piperazine rings is 1. The Hall–Kier alpha value is -3.48. The molecule has 0 spiro atoms. The number of hydrogen-bond donors (Lipinski definition) is 0. The first kappa shape index (κ1) is 20.8. The normalized spacial score (nSPS) is 14.5. The quantitative estimate of drug-likeness (QED) is 0.651. The molecular weight excluding hydrogens is 395 g/mol. The van der Waals surface area contributed by atoms with E-state index in [0.717, 1.165) is 5.56 Å². The van der Waals surface area contributed by atoms with E-state index in [-0.39, 0.29) is 17.3 Å². The number of para-hydroxylation sites is 1. The van der Waals surface area contributed by atoms with Gasteiger partial charge < -0.3 is 9.80 Å². The van der Waals surface area contributed by atoms with Gasteiger partial charge in [-0.1, -0.05) is 42.5 Å². The third-order valence-electron chi connectivity index (χ3n) is 5.68. The van der Waals surface area contributed by atoms with Gasteiger partial charge in [-0.3, -0.25) is 9.59 Å². The summed E-state index contributed by atoms with van der Waals surface area (Å²) in [5.41, 5.74) is 0.566. The Bertz CT molecular complexity index is 1140. The van der Waals surface area contributed by atoms with Gasteiger partial charge in [-0.15, -0.1) is 0 Å². The Balaban J connectivity index is 1.54. The molecule has 0 radical (unpaired) electrons. The van der Waals surface area contributed by atoms with Crippen LogP contribution in [-0.2, 0) is 10.3 Å². The minimum Gasteiger partial charge on any atom is -0.366 e. The predicted octanol–water partition coefficient (Wildman–Crippen LogP) is 3.13. The summed E-state index contributed by atoms with van der Waals surface area (Å²) >= 11 is 0. The number of hydrogen-bond acceptors (Lipinski definition) is 4. The van der Waals surface area contributed by atoms with Crippen molar-refractivity contribution in [3.63, 3.8) is 0 Å². The van der Waals surface area contributed by atoms with Crippen LogP contribution < -0.4 is 10.5 Å². The molecule has 2 aromatic carbocycles. The van der Waals surface area contributed by atoms with E-state index in [0.29, 0.717) is 37.6 Å². The lowest BCUT2D eigenvalue weighted by molar-refractivity contribution is -0.140. The lowest BCUT2D eigenvalue weighted by atomic mass is 10.0. The van der Waals surface area contributed by atoms with Crippen LogP contribution in [0, 0.1) is 5.82 Å². The molecule has 160 valence electrons. The standard InChI is InChI=1S/C24H25FN4O2/c1-24(2,29-22(30)13-12-20(26-29)18-8-4-3-5-9-18)23(31)28-16-14-27(15-17-28)21-11-7-6-10-19(21)25/h3-13H,14-17H2,1-2H3. The molecule has 31 heavy (non-hydrogen) atoms. The van der Waals surface area contributed by atoms with Gasteiger partial charge in [0.2, 0.25) is 5.91 Å². The third-order valence-corrected chi connectivity index (χ3v) is 5.68. The van der Waals surface area contributed by atoms with E-state index in [2.05, 4.69) is 5.10 Å². The van der Waals surface area contributed by atoms with E-state index in [1.54, 1.807) is 43.0 Å². The van der Waals surface area contributed by atoms with Crippen molar-refractivity contribution in [3.05, 3.63) is 82.9 Å². The fourth-order valence-electron chi connectivity index (χ4n) is 3.91. The number of amides is 1. The van der Waals surface area contributed by atoms with Gasteiger partial charge in [0.05, 0.1) is 11.4 Å². The van der Waals surface area contributed by atoms with Crippen molar-refractivity contribution in [1.82, 2.24) is 14.7 Å². The maximum absolute atomic E-state index is 14.1. The van der Waals surface area contributed by atoms with Crippen LogP contribution >= 0.6 is 0 Å². The van der Waals surface area contributed by atoms with E-state index in [9.17, 15) is 14.0 Å². The van der Waals surface area contributed by atoms with Crippen molar-refractivity contribution < 1.29 is 9.18 Å². The maximum Gasteiger partial charge on any atom is 0.267 e. The van der Waals surface area contributed by atoms with Gasteiger partial charge in [0.15, 0.2) is 0 Å². The van der Waals surface area contributed by atoms with Crippen molar-refractivity contribution in [1.29, 1.82) is 0 Å². The van der Waals surface area contributed by atoms with Gasteiger partial charge in [-0.2, -0.15) is 5.10 Å². The Labute approximate surface area is 180 Å². The van der Waals surface area contributed by atoms with Crippen molar-refractivity contribution in [2.24, 2.45) is 0 Å². The molecule has 7 heteroatoms. The Kier molecular flexibility index (Phi) is 5.59. The molecule has 4 rings (SSSR count). The van der Waals surface area contributed by atoms with Gasteiger partial charge in [0.25, 0.3) is 5.56 Å². The van der Waals surface area contributed by atoms with Crippen LogP contribution in [0.25, 0.3) is 11.3 Å². The number of rotatable bonds is 4. The molecule has 2 heterocycles. The summed E-state index contributed by atoms with van der Waals surface area (Å²) in [7, 11) is 0. The summed E-state index contributed by atoms with van der Waals surface area (Å²) in [5.74, 6) is -0.448. The van der Waals surface area contributed by atoms with Crippen molar-refractivity contribution in [2.75, 3.05) is 31.1 Å². The van der Waals surface area contributed by atoms with Gasteiger partial charge in [-0.05, 0) is 32.0 Å². The smallest absolute Gasteiger partial charge is 0.267 e. The summed E-state index contributed by atoms with van der Waals surface area (Å²) in [6, 6.07) is 19.3. The second kappa shape index (κ2) is 8.34. The average Bonchev–Trinajstić information content (AvgIpc) is 2.80. The highest BCUT2D eigenvalue weighted by atomic mass is 19.1. The van der Waals surface area contributed by atoms with Crippen LogP contribution in [0.1, 0.15) is 13.8 Å². The van der Waals surface area contributed by atoms with E-state index in [1.165, 1.54) is 16.8 Å². The van der Waals surface area contributed by atoms with Crippen molar-refractivity contribution in [3.8, 4) is 11.3 Å². The zero-order valence-corrected chi connectivity index (χ0v) is 17.7. The first-order valence-electron chi connectivity index (χ1n) is 10.3. The molecule has 0 atom stereocenters. The van der Waals surface area contributed by atoms with Crippen LogP contribution in [0.5, 0.6) is 0 Å². The molecule has 0 unspecified atom stereocenters. The van der Waals surface area contributed by atoms with E-state index in [1.807, 2.05) is 35.2 Å². The second-order valence-corrected chi connectivity index (χ2v) is 8.12.